The van der Waals surface area contributed by atoms with Gasteiger partial charge in [-0.05, 0) is 13.0 Å². The Morgan fingerprint density at radius 3 is 2.90 bits per heavy atom. The zero-order valence-corrected chi connectivity index (χ0v) is 12.8. The molecule has 3 rings (SSSR count). The fraction of sp³-hybridized carbons (Fsp3) is 0.231. The molecule has 3 aromatic rings. The third-order valence-corrected chi connectivity index (χ3v) is 4.10. The third kappa shape index (κ3) is 2.41. The molecule has 3 nitrogen and oxygen atoms in total. The molecule has 0 fully saturated rings. The number of aromatic nitrogens is 3. The normalized spacial score (nSPS) is 13.0. The molecule has 7 heteroatoms. The first-order valence-electron chi connectivity index (χ1n) is 5.92. The summed E-state index contributed by atoms with van der Waals surface area (Å²) >= 11 is 13.6. The van der Waals surface area contributed by atoms with E-state index in [1.54, 1.807) is 11.6 Å². The van der Waals surface area contributed by atoms with Crippen molar-refractivity contribution in [3.05, 3.63) is 45.4 Å². The monoisotopic (exact) mass is 329 g/mol. The molecule has 20 heavy (non-hydrogen) atoms. The van der Waals surface area contributed by atoms with E-state index in [1.807, 2.05) is 16.9 Å². The number of thiazole rings is 1. The number of rotatable bonds is 3. The predicted octanol–water partition coefficient (Wildman–Crippen LogP) is 4.63. The Labute approximate surface area is 129 Å². The lowest BCUT2D eigenvalue weighted by Crippen LogP contribution is -2.06. The van der Waals surface area contributed by atoms with Crippen molar-refractivity contribution in [1.29, 1.82) is 0 Å². The molecule has 0 bridgehead atoms. The van der Waals surface area contributed by atoms with Crippen LogP contribution in [0.3, 0.4) is 0 Å². The standard InChI is InChI=1S/C13H10Cl2FN3S/c1-7(14)13-18-11-3-10(16)9(15)2-12(11)19(13)4-8-5-20-6-17-8/h2-3,5-7H,4H2,1H3. The van der Waals surface area contributed by atoms with Crippen molar-refractivity contribution in [3.63, 3.8) is 0 Å². The van der Waals surface area contributed by atoms with Crippen LogP contribution >= 0.6 is 34.5 Å². The van der Waals surface area contributed by atoms with Crippen LogP contribution in [0.2, 0.25) is 5.02 Å². The van der Waals surface area contributed by atoms with Gasteiger partial charge in [-0.15, -0.1) is 22.9 Å². The third-order valence-electron chi connectivity index (χ3n) is 2.98. The van der Waals surface area contributed by atoms with Gasteiger partial charge in [-0.25, -0.2) is 14.4 Å². The molecule has 1 unspecified atom stereocenters. The van der Waals surface area contributed by atoms with Crippen molar-refractivity contribution in [1.82, 2.24) is 14.5 Å². The average Bonchev–Trinajstić information content (AvgIpc) is 3.00. The summed E-state index contributed by atoms with van der Waals surface area (Å²) in [5.74, 6) is 0.197. The van der Waals surface area contributed by atoms with Gasteiger partial charge in [0.1, 0.15) is 11.6 Å². The largest absolute Gasteiger partial charge is 0.321 e. The molecule has 1 aromatic carbocycles. The highest BCUT2D eigenvalue weighted by molar-refractivity contribution is 7.07. The Morgan fingerprint density at radius 1 is 1.45 bits per heavy atom. The molecule has 2 heterocycles. The maximum Gasteiger partial charge on any atom is 0.144 e. The lowest BCUT2D eigenvalue weighted by atomic mass is 10.3. The van der Waals surface area contributed by atoms with Crippen LogP contribution < -0.4 is 0 Å². The molecular formula is C13H10Cl2FN3S. The smallest absolute Gasteiger partial charge is 0.144 e. The number of nitrogens with zero attached hydrogens (tertiary/aromatic N) is 3. The minimum atomic E-state index is -0.480. The van der Waals surface area contributed by atoms with Crippen molar-refractivity contribution in [2.45, 2.75) is 18.8 Å². The minimum absolute atomic E-state index is 0.0747. The summed E-state index contributed by atoms with van der Waals surface area (Å²) in [6, 6.07) is 2.91. The Balaban J connectivity index is 2.20. The Bertz CT molecular complexity index is 753. The summed E-state index contributed by atoms with van der Waals surface area (Å²) in [5.41, 5.74) is 3.98. The van der Waals surface area contributed by atoms with Crippen LogP contribution in [0.25, 0.3) is 11.0 Å². The van der Waals surface area contributed by atoms with E-state index in [-0.39, 0.29) is 10.4 Å². The number of imidazole rings is 1. The number of hydrogen-bond donors (Lipinski definition) is 0. The molecule has 0 aliphatic carbocycles. The zero-order chi connectivity index (χ0) is 14.3. The summed E-state index contributed by atoms with van der Waals surface area (Å²) in [6.45, 7) is 2.37. The van der Waals surface area contributed by atoms with Gasteiger partial charge in [0.05, 0.1) is 39.2 Å². The summed E-state index contributed by atoms with van der Waals surface area (Å²) in [6.07, 6.45) is 0. The fourth-order valence-electron chi connectivity index (χ4n) is 2.09. The number of alkyl halides is 1. The molecular weight excluding hydrogens is 320 g/mol. The molecule has 104 valence electrons. The average molecular weight is 330 g/mol. The summed E-state index contributed by atoms with van der Waals surface area (Å²) in [4.78, 5) is 8.66. The molecule has 0 aliphatic heterocycles. The summed E-state index contributed by atoms with van der Waals surface area (Å²) in [5, 5.41) is 1.74. The van der Waals surface area contributed by atoms with Crippen LogP contribution in [-0.4, -0.2) is 14.5 Å². The SMILES string of the molecule is CC(Cl)c1nc2cc(F)c(Cl)cc2n1Cc1cscn1. The van der Waals surface area contributed by atoms with Crippen LogP contribution in [0, 0.1) is 5.82 Å². The van der Waals surface area contributed by atoms with Gasteiger partial charge in [0.25, 0.3) is 0 Å². The number of benzene rings is 1. The minimum Gasteiger partial charge on any atom is -0.321 e. The Morgan fingerprint density at radius 2 is 2.25 bits per heavy atom. The number of halogens is 3. The molecule has 0 saturated carbocycles. The number of fused-ring (bicyclic) bond motifs is 1. The molecule has 0 amide bonds. The van der Waals surface area contributed by atoms with Gasteiger partial charge in [0.15, 0.2) is 0 Å². The second-order valence-corrected chi connectivity index (χ2v) is 6.19. The first-order valence-corrected chi connectivity index (χ1v) is 7.68. The van der Waals surface area contributed by atoms with E-state index in [2.05, 4.69) is 9.97 Å². The summed E-state index contributed by atoms with van der Waals surface area (Å²) < 4.78 is 15.5. The van der Waals surface area contributed by atoms with Crippen LogP contribution in [0.15, 0.2) is 23.0 Å². The van der Waals surface area contributed by atoms with Gasteiger partial charge in [0, 0.05) is 11.4 Å². The topological polar surface area (TPSA) is 30.7 Å². The maximum atomic E-state index is 13.5. The van der Waals surface area contributed by atoms with E-state index in [4.69, 9.17) is 23.2 Å². The van der Waals surface area contributed by atoms with Crippen molar-refractivity contribution in [3.8, 4) is 0 Å². The predicted molar refractivity (Wildman–Crippen MR) is 80.2 cm³/mol. The molecule has 0 saturated heterocycles. The van der Waals surface area contributed by atoms with Crippen LogP contribution in [0.4, 0.5) is 4.39 Å². The molecule has 0 radical (unpaired) electrons. The molecule has 0 aliphatic rings. The Hall–Kier alpha value is -1.17. The molecule has 1 atom stereocenters. The number of hydrogen-bond acceptors (Lipinski definition) is 3. The van der Waals surface area contributed by atoms with Crippen molar-refractivity contribution < 1.29 is 4.39 Å². The van der Waals surface area contributed by atoms with Crippen LogP contribution in [-0.2, 0) is 6.54 Å². The maximum absolute atomic E-state index is 13.5. The van der Waals surface area contributed by atoms with Crippen LogP contribution in [0.1, 0.15) is 23.8 Å². The Kier molecular flexibility index (Phi) is 3.67. The van der Waals surface area contributed by atoms with Gasteiger partial charge in [-0.3, -0.25) is 0 Å². The molecule has 0 spiro atoms. The van der Waals surface area contributed by atoms with Crippen LogP contribution in [0.5, 0.6) is 0 Å². The quantitative estimate of drug-likeness (QED) is 0.655. The lowest BCUT2D eigenvalue weighted by molar-refractivity contribution is 0.629. The van der Waals surface area contributed by atoms with E-state index >= 15 is 0 Å². The van der Waals surface area contributed by atoms with Gasteiger partial charge in [-0.2, -0.15) is 0 Å². The van der Waals surface area contributed by atoms with Gasteiger partial charge in [0.2, 0.25) is 0 Å². The first kappa shape index (κ1) is 13.8. The molecule has 2 aromatic heterocycles. The fourth-order valence-corrected chi connectivity index (χ4v) is 2.96. The lowest BCUT2D eigenvalue weighted by Gasteiger charge is -2.09. The highest BCUT2D eigenvalue weighted by Crippen LogP contribution is 2.28. The van der Waals surface area contributed by atoms with Crippen molar-refractivity contribution >= 4 is 45.6 Å². The molecule has 0 N–H and O–H groups in total. The highest BCUT2D eigenvalue weighted by atomic mass is 35.5. The van der Waals surface area contributed by atoms with E-state index in [0.29, 0.717) is 17.9 Å². The summed E-state index contributed by atoms with van der Waals surface area (Å²) in [7, 11) is 0. The second-order valence-electron chi connectivity index (χ2n) is 4.41. The van der Waals surface area contributed by atoms with Crippen molar-refractivity contribution in [2.24, 2.45) is 0 Å². The van der Waals surface area contributed by atoms with Crippen molar-refractivity contribution in [2.75, 3.05) is 0 Å². The van der Waals surface area contributed by atoms with E-state index in [9.17, 15) is 4.39 Å². The van der Waals surface area contributed by atoms with Gasteiger partial charge in [-0.1, -0.05) is 11.6 Å². The van der Waals surface area contributed by atoms with E-state index in [1.165, 1.54) is 17.4 Å². The van der Waals surface area contributed by atoms with E-state index in [0.717, 1.165) is 11.2 Å². The van der Waals surface area contributed by atoms with Gasteiger partial charge < -0.3 is 4.57 Å². The second kappa shape index (κ2) is 5.31. The van der Waals surface area contributed by atoms with Gasteiger partial charge >= 0.3 is 0 Å². The highest BCUT2D eigenvalue weighted by Gasteiger charge is 2.17. The first-order chi connectivity index (χ1) is 9.56. The van der Waals surface area contributed by atoms with E-state index < -0.39 is 5.82 Å². The zero-order valence-electron chi connectivity index (χ0n) is 10.5.